The number of unbranched alkanes of at least 4 members (excludes halogenated alkanes) is 1. The first kappa shape index (κ1) is 14.6. The Hall–Kier alpha value is -1.51. The molecule has 3 nitrogen and oxygen atoms in total. The molecule has 0 radical (unpaired) electrons. The number of aliphatic imine (C=N–C) groups is 1. The quantitative estimate of drug-likeness (QED) is 0.767. The van der Waals surface area contributed by atoms with E-state index >= 15 is 0 Å². The average molecular weight is 247 g/mol. The lowest BCUT2D eigenvalue weighted by Crippen LogP contribution is -2.04. The van der Waals surface area contributed by atoms with E-state index in [4.69, 9.17) is 5.73 Å². The highest BCUT2D eigenvalue weighted by atomic mass is 15.0. The average Bonchev–Trinajstić information content (AvgIpc) is 2.63. The van der Waals surface area contributed by atoms with Gasteiger partial charge >= 0.3 is 0 Å². The van der Waals surface area contributed by atoms with Crippen LogP contribution in [-0.4, -0.2) is 11.3 Å². The molecule has 0 aliphatic heterocycles. The number of aryl methyl sites for hydroxylation is 1. The van der Waals surface area contributed by atoms with Gasteiger partial charge in [-0.15, -0.1) is 0 Å². The molecule has 0 aliphatic rings. The molecule has 1 heterocycles. The summed E-state index contributed by atoms with van der Waals surface area (Å²) in [6, 6.07) is 2.25. The van der Waals surface area contributed by atoms with Gasteiger partial charge in [0.05, 0.1) is 0 Å². The highest BCUT2D eigenvalue weighted by molar-refractivity contribution is 5.55. The Morgan fingerprint density at radius 2 is 2.28 bits per heavy atom. The zero-order valence-electron chi connectivity index (χ0n) is 12.0. The minimum atomic E-state index is 0.465. The maximum absolute atomic E-state index is 5.73. The molecule has 1 aromatic rings. The van der Waals surface area contributed by atoms with Crippen LogP contribution in [0.1, 0.15) is 56.0 Å². The molecule has 100 valence electrons. The summed E-state index contributed by atoms with van der Waals surface area (Å²) in [6.45, 7) is 10.1. The lowest BCUT2D eigenvalue weighted by Gasteiger charge is -2.13. The van der Waals surface area contributed by atoms with E-state index < -0.39 is 0 Å². The van der Waals surface area contributed by atoms with Gasteiger partial charge in [0.2, 0.25) is 0 Å². The number of nitrogens with two attached hydrogens (primary N) is 1. The van der Waals surface area contributed by atoms with Crippen LogP contribution in [0.5, 0.6) is 0 Å². The largest absolute Gasteiger partial charge is 0.384 e. The molecule has 0 saturated carbocycles. The minimum Gasteiger partial charge on any atom is -0.384 e. The van der Waals surface area contributed by atoms with Crippen molar-refractivity contribution in [1.82, 2.24) is 4.57 Å². The van der Waals surface area contributed by atoms with E-state index in [9.17, 15) is 0 Å². The van der Waals surface area contributed by atoms with E-state index in [1.807, 2.05) is 6.08 Å². The first-order valence-corrected chi connectivity index (χ1v) is 6.61. The van der Waals surface area contributed by atoms with Crippen molar-refractivity contribution in [3.05, 3.63) is 28.8 Å². The second-order valence-electron chi connectivity index (χ2n) is 4.97. The first-order chi connectivity index (χ1) is 8.51. The Morgan fingerprint density at radius 3 is 2.83 bits per heavy atom. The molecule has 0 aliphatic carbocycles. The summed E-state index contributed by atoms with van der Waals surface area (Å²) in [5, 5.41) is 0. The first-order valence-electron chi connectivity index (χ1n) is 6.61. The van der Waals surface area contributed by atoms with Gasteiger partial charge in [-0.3, -0.25) is 0 Å². The van der Waals surface area contributed by atoms with Crippen LogP contribution in [0.15, 0.2) is 16.9 Å². The van der Waals surface area contributed by atoms with Crippen molar-refractivity contribution in [2.24, 2.45) is 17.8 Å². The van der Waals surface area contributed by atoms with Crippen molar-refractivity contribution >= 4 is 12.8 Å². The second kappa shape index (κ2) is 6.43. The molecule has 0 saturated heterocycles. The molecule has 0 bridgehead atoms. The summed E-state index contributed by atoms with van der Waals surface area (Å²) in [5.41, 5.74) is 9.45. The predicted octanol–water partition coefficient (Wildman–Crippen LogP) is 3.58. The lowest BCUT2D eigenvalue weighted by molar-refractivity contribution is 0.591. The van der Waals surface area contributed by atoms with Crippen LogP contribution < -0.4 is 5.73 Å². The highest BCUT2D eigenvalue weighted by Crippen LogP contribution is 2.26. The van der Waals surface area contributed by atoms with Crippen molar-refractivity contribution in [2.75, 3.05) is 0 Å². The van der Waals surface area contributed by atoms with Crippen LogP contribution in [0.3, 0.4) is 0 Å². The summed E-state index contributed by atoms with van der Waals surface area (Å²) in [6.07, 6.45) is 5.63. The Kier molecular flexibility index (Phi) is 5.20. The van der Waals surface area contributed by atoms with Crippen molar-refractivity contribution in [3.63, 3.8) is 0 Å². The standard InChI is InChI=1S/C15H25N3/c1-6-7-8-11(2)13-9-12(3)14(18(13)5)10-15(16)17-4/h9-11H,4,6-8,16H2,1-3,5H3/b15-10-. The zero-order valence-corrected chi connectivity index (χ0v) is 12.0. The molecule has 0 aromatic carbocycles. The Balaban J connectivity index is 3.03. The van der Waals surface area contributed by atoms with Crippen LogP contribution in [0, 0.1) is 6.92 Å². The molecule has 0 fully saturated rings. The second-order valence-corrected chi connectivity index (χ2v) is 4.97. The third-order valence-electron chi connectivity index (χ3n) is 3.48. The van der Waals surface area contributed by atoms with Gasteiger partial charge in [-0.25, -0.2) is 4.99 Å². The van der Waals surface area contributed by atoms with Crippen molar-refractivity contribution in [1.29, 1.82) is 0 Å². The van der Waals surface area contributed by atoms with Gasteiger partial charge < -0.3 is 10.3 Å². The molecule has 1 atom stereocenters. The van der Waals surface area contributed by atoms with E-state index in [1.54, 1.807) is 0 Å². The summed E-state index contributed by atoms with van der Waals surface area (Å²) in [4.78, 5) is 3.75. The summed E-state index contributed by atoms with van der Waals surface area (Å²) in [5.74, 6) is 1.04. The van der Waals surface area contributed by atoms with Gasteiger partial charge in [0, 0.05) is 24.5 Å². The Bertz CT molecular complexity index is 441. The minimum absolute atomic E-state index is 0.465. The number of rotatable bonds is 6. The van der Waals surface area contributed by atoms with E-state index in [0.29, 0.717) is 11.7 Å². The van der Waals surface area contributed by atoms with Crippen LogP contribution >= 0.6 is 0 Å². The molecular formula is C15H25N3. The lowest BCUT2D eigenvalue weighted by atomic mass is 10.0. The fourth-order valence-corrected chi connectivity index (χ4v) is 2.32. The van der Waals surface area contributed by atoms with E-state index in [0.717, 1.165) is 5.69 Å². The number of hydrogen-bond acceptors (Lipinski definition) is 2. The van der Waals surface area contributed by atoms with Crippen LogP contribution in [0.4, 0.5) is 0 Å². The van der Waals surface area contributed by atoms with E-state index in [-0.39, 0.29) is 0 Å². The SMILES string of the molecule is C=N/C(N)=C\c1c(C)cc(C(C)CCCC)n1C. The third-order valence-corrected chi connectivity index (χ3v) is 3.48. The fourth-order valence-electron chi connectivity index (χ4n) is 2.32. The van der Waals surface area contributed by atoms with Crippen LogP contribution in [-0.2, 0) is 7.05 Å². The number of hydrogen-bond donors (Lipinski definition) is 1. The maximum Gasteiger partial charge on any atom is 0.124 e. The van der Waals surface area contributed by atoms with Crippen molar-refractivity contribution in [3.8, 4) is 0 Å². The van der Waals surface area contributed by atoms with Gasteiger partial charge in [-0.05, 0) is 37.6 Å². The number of nitrogens with zero attached hydrogens (tertiary/aromatic N) is 2. The highest BCUT2D eigenvalue weighted by Gasteiger charge is 2.13. The predicted molar refractivity (Wildman–Crippen MR) is 79.8 cm³/mol. The molecule has 1 aromatic heterocycles. The maximum atomic E-state index is 5.73. The Morgan fingerprint density at radius 1 is 1.61 bits per heavy atom. The van der Waals surface area contributed by atoms with Gasteiger partial charge in [0.15, 0.2) is 0 Å². The molecule has 3 heteroatoms. The van der Waals surface area contributed by atoms with E-state index in [2.05, 4.69) is 50.2 Å². The summed E-state index contributed by atoms with van der Waals surface area (Å²) < 4.78 is 2.22. The summed E-state index contributed by atoms with van der Waals surface area (Å²) in [7, 11) is 2.09. The van der Waals surface area contributed by atoms with Gasteiger partial charge in [-0.1, -0.05) is 26.7 Å². The third kappa shape index (κ3) is 3.25. The summed E-state index contributed by atoms with van der Waals surface area (Å²) >= 11 is 0. The fraction of sp³-hybridized carbons (Fsp3) is 0.533. The molecule has 1 rings (SSSR count). The van der Waals surface area contributed by atoms with Crippen LogP contribution in [0.2, 0.25) is 0 Å². The van der Waals surface area contributed by atoms with Crippen molar-refractivity contribution in [2.45, 2.75) is 46.0 Å². The monoisotopic (exact) mass is 247 g/mol. The molecule has 2 N–H and O–H groups in total. The van der Waals surface area contributed by atoms with Crippen LogP contribution in [0.25, 0.3) is 6.08 Å². The zero-order chi connectivity index (χ0) is 13.7. The smallest absolute Gasteiger partial charge is 0.124 e. The van der Waals surface area contributed by atoms with E-state index in [1.165, 1.54) is 30.5 Å². The van der Waals surface area contributed by atoms with Gasteiger partial charge in [-0.2, -0.15) is 0 Å². The molecule has 1 unspecified atom stereocenters. The topological polar surface area (TPSA) is 43.3 Å². The molecule has 18 heavy (non-hydrogen) atoms. The normalized spacial score (nSPS) is 13.7. The molecular weight excluding hydrogens is 222 g/mol. The molecule has 0 spiro atoms. The van der Waals surface area contributed by atoms with Gasteiger partial charge in [0.1, 0.15) is 5.82 Å². The van der Waals surface area contributed by atoms with Gasteiger partial charge in [0.25, 0.3) is 0 Å². The molecule has 0 amide bonds. The number of aromatic nitrogens is 1. The van der Waals surface area contributed by atoms with Crippen molar-refractivity contribution < 1.29 is 0 Å². The Labute approximate surface area is 110 Å².